The third kappa shape index (κ3) is 7.38. The summed E-state index contributed by atoms with van der Waals surface area (Å²) in [4.78, 5) is 61.8. The van der Waals surface area contributed by atoms with Gasteiger partial charge >= 0.3 is 17.9 Å². The Kier molecular flexibility index (Phi) is 11.1. The fourth-order valence-electron chi connectivity index (χ4n) is 10.5. The monoisotopic (exact) mass is 643 g/mol. The Labute approximate surface area is 275 Å². The molecular formula is C37H57NO8. The summed E-state index contributed by atoms with van der Waals surface area (Å²) in [6, 6.07) is 0. The topological polar surface area (TPSA) is 116 Å². The summed E-state index contributed by atoms with van der Waals surface area (Å²) in [6.45, 7) is 16.5. The number of carbonyl (C=O) groups is 5. The van der Waals surface area contributed by atoms with Gasteiger partial charge in [0.25, 0.3) is 0 Å². The maximum Gasteiger partial charge on any atom is 0.302 e. The molecule has 0 aromatic rings. The zero-order chi connectivity index (χ0) is 34.1. The molecule has 0 aromatic carbocycles. The third-order valence-corrected chi connectivity index (χ3v) is 12.5. The molecule has 46 heavy (non-hydrogen) atoms. The van der Waals surface area contributed by atoms with Gasteiger partial charge in [0.15, 0.2) is 0 Å². The van der Waals surface area contributed by atoms with Crippen molar-refractivity contribution in [3.05, 3.63) is 11.6 Å². The molecule has 0 spiro atoms. The summed E-state index contributed by atoms with van der Waals surface area (Å²) in [7, 11) is 0. The zero-order valence-electron chi connectivity index (χ0n) is 29.6. The van der Waals surface area contributed by atoms with Crippen LogP contribution in [0.3, 0.4) is 0 Å². The SMILES string of the molecule is CC(=O)OC1CC[C@@]2(C)C(=CC[C@H]3[C@@H]4CC(OC(C)=O)[C@H]([C@H](C)C(CCC(C)CN(C(C)=O)C(C)=O)OC(C)=O)[C@@]4(C)CC[C@@H]32)C1. The molecule has 9 nitrogen and oxygen atoms in total. The second-order valence-corrected chi connectivity index (χ2v) is 15.5. The summed E-state index contributed by atoms with van der Waals surface area (Å²) in [6.07, 6.45) is 9.58. The molecule has 3 fully saturated rings. The van der Waals surface area contributed by atoms with Crippen molar-refractivity contribution < 1.29 is 38.2 Å². The molecule has 4 rings (SSSR count). The predicted molar refractivity (Wildman–Crippen MR) is 173 cm³/mol. The van der Waals surface area contributed by atoms with Gasteiger partial charge in [-0.25, -0.2) is 0 Å². The molecule has 0 heterocycles. The highest BCUT2D eigenvalue weighted by atomic mass is 16.6. The van der Waals surface area contributed by atoms with Gasteiger partial charge in [-0.2, -0.15) is 0 Å². The molecule has 11 atom stereocenters. The Morgan fingerprint density at radius 3 is 2.11 bits per heavy atom. The zero-order valence-corrected chi connectivity index (χ0v) is 29.6. The smallest absolute Gasteiger partial charge is 0.302 e. The molecule has 258 valence electrons. The van der Waals surface area contributed by atoms with Crippen molar-refractivity contribution in [2.45, 2.75) is 138 Å². The number of esters is 3. The third-order valence-electron chi connectivity index (χ3n) is 12.5. The van der Waals surface area contributed by atoms with E-state index in [1.807, 2.05) is 6.92 Å². The van der Waals surface area contributed by atoms with Crippen molar-refractivity contribution in [1.29, 1.82) is 0 Å². The quantitative estimate of drug-likeness (QED) is 0.152. The number of imide groups is 1. The van der Waals surface area contributed by atoms with E-state index in [0.29, 0.717) is 37.1 Å². The van der Waals surface area contributed by atoms with Crippen LogP contribution in [0.4, 0.5) is 0 Å². The summed E-state index contributed by atoms with van der Waals surface area (Å²) >= 11 is 0. The van der Waals surface area contributed by atoms with Crippen LogP contribution < -0.4 is 0 Å². The first-order valence-electron chi connectivity index (χ1n) is 17.5. The van der Waals surface area contributed by atoms with E-state index in [1.54, 1.807) is 0 Å². The van der Waals surface area contributed by atoms with E-state index in [2.05, 4.69) is 26.8 Å². The normalized spacial score (nSPS) is 35.2. The first-order chi connectivity index (χ1) is 21.5. The van der Waals surface area contributed by atoms with Crippen LogP contribution in [0.5, 0.6) is 0 Å². The van der Waals surface area contributed by atoms with Crippen molar-refractivity contribution in [3.8, 4) is 0 Å². The fourth-order valence-corrected chi connectivity index (χ4v) is 10.5. The van der Waals surface area contributed by atoms with Gasteiger partial charge in [-0.1, -0.05) is 39.3 Å². The molecule has 0 saturated heterocycles. The van der Waals surface area contributed by atoms with Gasteiger partial charge in [-0.05, 0) is 91.8 Å². The summed E-state index contributed by atoms with van der Waals surface area (Å²) in [5, 5.41) is 0. The Morgan fingerprint density at radius 2 is 1.52 bits per heavy atom. The van der Waals surface area contributed by atoms with E-state index < -0.39 is 0 Å². The van der Waals surface area contributed by atoms with Crippen LogP contribution in [0, 0.1) is 46.3 Å². The van der Waals surface area contributed by atoms with Crippen LogP contribution in [-0.4, -0.2) is 59.5 Å². The van der Waals surface area contributed by atoms with Gasteiger partial charge in [-0.3, -0.25) is 28.9 Å². The van der Waals surface area contributed by atoms with Gasteiger partial charge in [-0.15, -0.1) is 0 Å². The van der Waals surface area contributed by atoms with Gasteiger partial charge in [0, 0.05) is 53.5 Å². The minimum atomic E-state index is -0.383. The average Bonchev–Trinajstić information content (AvgIpc) is 3.23. The lowest BCUT2D eigenvalue weighted by Crippen LogP contribution is -2.52. The first-order valence-corrected chi connectivity index (χ1v) is 17.5. The molecular weight excluding hydrogens is 586 g/mol. The van der Waals surface area contributed by atoms with E-state index in [0.717, 1.165) is 44.9 Å². The van der Waals surface area contributed by atoms with Crippen molar-refractivity contribution in [1.82, 2.24) is 4.90 Å². The summed E-state index contributed by atoms with van der Waals surface area (Å²) < 4.78 is 17.8. The number of fused-ring (bicyclic) bond motifs is 5. The van der Waals surface area contributed by atoms with E-state index in [9.17, 15) is 24.0 Å². The van der Waals surface area contributed by atoms with E-state index in [1.165, 1.54) is 45.1 Å². The molecule has 4 aliphatic carbocycles. The van der Waals surface area contributed by atoms with Crippen molar-refractivity contribution in [3.63, 3.8) is 0 Å². The fraction of sp³-hybridized carbons (Fsp3) is 0.811. The number of hydrogen-bond acceptors (Lipinski definition) is 8. The highest BCUT2D eigenvalue weighted by molar-refractivity contribution is 5.92. The average molecular weight is 644 g/mol. The minimum Gasteiger partial charge on any atom is -0.462 e. The number of ether oxygens (including phenoxy) is 3. The lowest BCUT2D eigenvalue weighted by atomic mass is 9.47. The molecule has 0 bridgehead atoms. The highest BCUT2D eigenvalue weighted by Crippen LogP contribution is 2.68. The number of amides is 2. The largest absolute Gasteiger partial charge is 0.462 e. The molecule has 0 aliphatic heterocycles. The van der Waals surface area contributed by atoms with Crippen LogP contribution in [0.1, 0.15) is 120 Å². The molecule has 0 radical (unpaired) electrons. The highest BCUT2D eigenvalue weighted by Gasteiger charge is 2.63. The van der Waals surface area contributed by atoms with Crippen LogP contribution >= 0.6 is 0 Å². The maximum atomic E-state index is 12.5. The van der Waals surface area contributed by atoms with Crippen molar-refractivity contribution in [2.24, 2.45) is 46.3 Å². The van der Waals surface area contributed by atoms with E-state index >= 15 is 0 Å². The van der Waals surface area contributed by atoms with Crippen LogP contribution in [0.2, 0.25) is 0 Å². The van der Waals surface area contributed by atoms with E-state index in [-0.39, 0.29) is 76.6 Å². The van der Waals surface area contributed by atoms with Crippen LogP contribution in [0.15, 0.2) is 11.6 Å². The first kappa shape index (κ1) is 36.1. The Bertz CT molecular complexity index is 1210. The van der Waals surface area contributed by atoms with Gasteiger partial charge in [0.2, 0.25) is 11.8 Å². The minimum absolute atomic E-state index is 0.0193. The van der Waals surface area contributed by atoms with Crippen molar-refractivity contribution >= 4 is 29.7 Å². The molecule has 0 N–H and O–H groups in total. The number of nitrogens with zero attached hydrogens (tertiary/aromatic N) is 1. The molecule has 9 heteroatoms. The number of allylic oxidation sites excluding steroid dienone is 1. The number of hydrogen-bond donors (Lipinski definition) is 0. The lowest BCUT2D eigenvalue weighted by molar-refractivity contribution is -0.160. The molecule has 2 amide bonds. The summed E-state index contributed by atoms with van der Waals surface area (Å²) in [5.74, 6) is -0.0495. The van der Waals surface area contributed by atoms with Gasteiger partial charge in [0.1, 0.15) is 18.3 Å². The standard InChI is InChI=1S/C37H57NO8/c1-21(20-38(23(3)39)24(4)40)10-13-33(45-26(6)42)22(2)35-34(46-27(7)43)19-32-30-12-11-28-18-29(44-25(5)41)14-16-36(28,8)31(30)15-17-37(32,35)9/h11,21-22,29-35H,10,12-20H2,1-9H3/t21?,22-,29?,30-,31+,32+,33?,34?,35+,36+,37+/m1/s1. The lowest BCUT2D eigenvalue weighted by Gasteiger charge is -2.58. The van der Waals surface area contributed by atoms with Crippen LogP contribution in [-0.2, 0) is 38.2 Å². The molecule has 4 unspecified atom stereocenters. The Hall–Kier alpha value is -2.71. The second kappa shape index (κ2) is 14.2. The number of rotatable bonds is 10. The summed E-state index contributed by atoms with van der Waals surface area (Å²) in [5.41, 5.74) is 1.42. The van der Waals surface area contributed by atoms with Gasteiger partial charge in [0.05, 0.1) is 0 Å². The second-order valence-electron chi connectivity index (χ2n) is 15.5. The maximum absolute atomic E-state index is 12.5. The predicted octanol–water partition coefficient (Wildman–Crippen LogP) is 6.42. The Balaban J connectivity index is 1.57. The Morgan fingerprint density at radius 1 is 0.870 bits per heavy atom. The van der Waals surface area contributed by atoms with E-state index in [4.69, 9.17) is 14.2 Å². The molecule has 4 aliphatic rings. The molecule has 3 saturated carbocycles. The molecule has 0 aromatic heterocycles. The van der Waals surface area contributed by atoms with Gasteiger partial charge < -0.3 is 14.2 Å². The number of carbonyl (C=O) groups excluding carboxylic acids is 5. The van der Waals surface area contributed by atoms with Crippen molar-refractivity contribution in [2.75, 3.05) is 6.54 Å². The van der Waals surface area contributed by atoms with Crippen LogP contribution in [0.25, 0.3) is 0 Å².